The van der Waals surface area contributed by atoms with Crippen LogP contribution in [0.15, 0.2) is 22.7 Å². The fourth-order valence-electron chi connectivity index (χ4n) is 3.17. The van der Waals surface area contributed by atoms with E-state index < -0.39 is 6.10 Å². The summed E-state index contributed by atoms with van der Waals surface area (Å²) in [7, 11) is 0. The molecule has 2 nitrogen and oxygen atoms in total. The lowest BCUT2D eigenvalue weighted by Crippen LogP contribution is -2.37. The van der Waals surface area contributed by atoms with E-state index in [0.29, 0.717) is 12.0 Å². The molecule has 0 saturated heterocycles. The highest BCUT2D eigenvalue weighted by Crippen LogP contribution is 2.35. The van der Waals surface area contributed by atoms with Crippen LogP contribution in [-0.4, -0.2) is 17.7 Å². The van der Waals surface area contributed by atoms with Gasteiger partial charge in [0, 0.05) is 28.3 Å². The van der Waals surface area contributed by atoms with Gasteiger partial charge in [0.2, 0.25) is 0 Å². The third-order valence-corrected chi connectivity index (χ3v) is 4.57. The van der Waals surface area contributed by atoms with E-state index in [1.165, 1.54) is 31.4 Å². The van der Waals surface area contributed by atoms with Gasteiger partial charge < -0.3 is 10.0 Å². The molecule has 1 aliphatic rings. The minimum absolute atomic E-state index is 0.422. The summed E-state index contributed by atoms with van der Waals surface area (Å²) in [6.45, 7) is 7.44. The Labute approximate surface area is 131 Å². The van der Waals surface area contributed by atoms with Gasteiger partial charge in [0.25, 0.3) is 0 Å². The van der Waals surface area contributed by atoms with Crippen molar-refractivity contribution in [3.05, 3.63) is 28.2 Å². The maximum absolute atomic E-state index is 10.1. The second kappa shape index (κ2) is 6.95. The summed E-state index contributed by atoms with van der Waals surface area (Å²) in [6, 6.07) is 6.87. The molecule has 1 unspecified atom stereocenters. The van der Waals surface area contributed by atoms with Crippen LogP contribution in [-0.2, 0) is 0 Å². The van der Waals surface area contributed by atoms with Gasteiger partial charge in [0.05, 0.1) is 6.10 Å². The van der Waals surface area contributed by atoms with E-state index in [2.05, 4.69) is 40.7 Å². The first kappa shape index (κ1) is 15.8. The van der Waals surface area contributed by atoms with Crippen LogP contribution in [0.1, 0.15) is 58.1 Å². The first-order valence-electron chi connectivity index (χ1n) is 7.73. The average molecular weight is 340 g/mol. The van der Waals surface area contributed by atoms with E-state index in [1.54, 1.807) is 0 Å². The smallest absolute Gasteiger partial charge is 0.0782 e. The molecule has 0 spiro atoms. The number of benzene rings is 1. The molecular weight excluding hydrogens is 314 g/mol. The van der Waals surface area contributed by atoms with E-state index in [9.17, 15) is 5.11 Å². The van der Waals surface area contributed by atoms with Crippen molar-refractivity contribution in [2.45, 2.75) is 58.6 Å². The molecule has 0 amide bonds. The average Bonchev–Trinajstić information content (AvgIpc) is 2.88. The Morgan fingerprint density at radius 2 is 1.90 bits per heavy atom. The SMILES string of the molecule is CC(C)CN(c1cc(Br)ccc1C(C)O)C1CCCC1. The standard InChI is InChI=1S/C17H26BrNO/c1-12(2)11-19(15-6-4-5-7-15)17-10-14(18)8-9-16(17)13(3)20/h8-10,12-13,15,20H,4-7,11H2,1-3H3. The molecule has 0 bridgehead atoms. The molecular formula is C17H26BrNO. The quantitative estimate of drug-likeness (QED) is 0.823. The Hall–Kier alpha value is -0.540. The predicted molar refractivity (Wildman–Crippen MR) is 89.2 cm³/mol. The van der Waals surface area contributed by atoms with E-state index in [4.69, 9.17) is 0 Å². The maximum Gasteiger partial charge on any atom is 0.0782 e. The van der Waals surface area contributed by atoms with Crippen LogP contribution in [0.2, 0.25) is 0 Å². The molecule has 1 aromatic rings. The number of anilines is 1. The number of aliphatic hydroxyl groups is 1. The van der Waals surface area contributed by atoms with Crippen LogP contribution in [0.5, 0.6) is 0 Å². The monoisotopic (exact) mass is 339 g/mol. The number of nitrogens with zero attached hydrogens (tertiary/aromatic N) is 1. The predicted octanol–water partition coefficient (Wildman–Crippen LogP) is 4.91. The lowest BCUT2D eigenvalue weighted by atomic mass is 10.0. The van der Waals surface area contributed by atoms with Gasteiger partial charge in [0.15, 0.2) is 0 Å². The molecule has 1 atom stereocenters. The molecule has 0 heterocycles. The summed E-state index contributed by atoms with van der Waals surface area (Å²) in [5, 5.41) is 10.1. The first-order valence-corrected chi connectivity index (χ1v) is 8.52. The molecule has 2 rings (SSSR count). The van der Waals surface area contributed by atoms with E-state index >= 15 is 0 Å². The number of rotatable bonds is 5. The Morgan fingerprint density at radius 3 is 2.45 bits per heavy atom. The molecule has 3 heteroatoms. The molecule has 0 radical (unpaired) electrons. The summed E-state index contributed by atoms with van der Waals surface area (Å²) in [4.78, 5) is 2.53. The number of hydrogen-bond donors (Lipinski definition) is 1. The fourth-order valence-corrected chi connectivity index (χ4v) is 3.52. The lowest BCUT2D eigenvalue weighted by Gasteiger charge is -2.35. The molecule has 0 aliphatic heterocycles. The summed E-state index contributed by atoms with van der Waals surface area (Å²) in [5.41, 5.74) is 2.25. The number of halogens is 1. The highest BCUT2D eigenvalue weighted by molar-refractivity contribution is 9.10. The minimum atomic E-state index is -0.422. The molecule has 1 fully saturated rings. The topological polar surface area (TPSA) is 23.5 Å². The van der Waals surface area contributed by atoms with E-state index in [1.807, 2.05) is 19.1 Å². The zero-order chi connectivity index (χ0) is 14.7. The second-order valence-corrected chi connectivity index (χ2v) is 7.28. The van der Waals surface area contributed by atoms with Crippen LogP contribution < -0.4 is 4.90 Å². The van der Waals surface area contributed by atoms with Crippen molar-refractivity contribution < 1.29 is 5.11 Å². The molecule has 112 valence electrons. The van der Waals surface area contributed by atoms with Gasteiger partial charge in [-0.25, -0.2) is 0 Å². The molecule has 1 aromatic carbocycles. The van der Waals surface area contributed by atoms with Crippen LogP contribution in [0.4, 0.5) is 5.69 Å². The van der Waals surface area contributed by atoms with Gasteiger partial charge in [-0.3, -0.25) is 0 Å². The van der Waals surface area contributed by atoms with E-state index in [-0.39, 0.29) is 0 Å². The third kappa shape index (κ3) is 3.76. The van der Waals surface area contributed by atoms with Crippen LogP contribution in [0.3, 0.4) is 0 Å². The first-order chi connectivity index (χ1) is 9.49. The van der Waals surface area contributed by atoms with Crippen molar-refractivity contribution in [2.24, 2.45) is 5.92 Å². The highest BCUT2D eigenvalue weighted by Gasteiger charge is 2.26. The summed E-state index contributed by atoms with van der Waals surface area (Å²) < 4.78 is 1.09. The zero-order valence-corrected chi connectivity index (χ0v) is 14.4. The van der Waals surface area contributed by atoms with Gasteiger partial charge in [-0.1, -0.05) is 48.7 Å². The van der Waals surface area contributed by atoms with Gasteiger partial charge in [-0.2, -0.15) is 0 Å². The Morgan fingerprint density at radius 1 is 1.25 bits per heavy atom. The third-order valence-electron chi connectivity index (χ3n) is 4.08. The zero-order valence-electron chi connectivity index (χ0n) is 12.8. The van der Waals surface area contributed by atoms with Crippen LogP contribution in [0.25, 0.3) is 0 Å². The summed E-state index contributed by atoms with van der Waals surface area (Å²) >= 11 is 3.58. The lowest BCUT2D eigenvalue weighted by molar-refractivity contribution is 0.199. The maximum atomic E-state index is 10.1. The van der Waals surface area contributed by atoms with Crippen molar-refractivity contribution in [1.29, 1.82) is 0 Å². The normalized spacial score (nSPS) is 17.7. The molecule has 1 saturated carbocycles. The summed E-state index contributed by atoms with van der Waals surface area (Å²) in [6.07, 6.45) is 4.79. The molecule has 1 aliphatic carbocycles. The summed E-state index contributed by atoms with van der Waals surface area (Å²) in [5.74, 6) is 0.622. The largest absolute Gasteiger partial charge is 0.389 e. The fraction of sp³-hybridized carbons (Fsp3) is 0.647. The van der Waals surface area contributed by atoms with Crippen LogP contribution in [0, 0.1) is 5.92 Å². The minimum Gasteiger partial charge on any atom is -0.389 e. The van der Waals surface area contributed by atoms with Crippen molar-refractivity contribution in [3.8, 4) is 0 Å². The Bertz CT molecular complexity index is 439. The second-order valence-electron chi connectivity index (χ2n) is 6.36. The molecule has 0 aromatic heterocycles. The van der Waals surface area contributed by atoms with Crippen molar-refractivity contribution >= 4 is 21.6 Å². The van der Waals surface area contributed by atoms with Gasteiger partial charge in [-0.05, 0) is 37.8 Å². The van der Waals surface area contributed by atoms with Gasteiger partial charge in [0.1, 0.15) is 0 Å². The number of hydrogen-bond acceptors (Lipinski definition) is 2. The Balaban J connectivity index is 2.38. The van der Waals surface area contributed by atoms with Crippen LogP contribution >= 0.6 is 15.9 Å². The van der Waals surface area contributed by atoms with Gasteiger partial charge in [-0.15, -0.1) is 0 Å². The molecule has 1 N–H and O–H groups in total. The Kier molecular flexibility index (Phi) is 5.50. The van der Waals surface area contributed by atoms with Gasteiger partial charge >= 0.3 is 0 Å². The highest BCUT2D eigenvalue weighted by atomic mass is 79.9. The van der Waals surface area contributed by atoms with Crippen molar-refractivity contribution in [2.75, 3.05) is 11.4 Å². The van der Waals surface area contributed by atoms with Crippen molar-refractivity contribution in [3.63, 3.8) is 0 Å². The number of aliphatic hydroxyl groups excluding tert-OH is 1. The van der Waals surface area contributed by atoms with E-state index in [0.717, 1.165) is 16.6 Å². The van der Waals surface area contributed by atoms with Crippen molar-refractivity contribution in [1.82, 2.24) is 0 Å². The molecule has 20 heavy (non-hydrogen) atoms.